The van der Waals surface area contributed by atoms with Crippen LogP contribution in [0.15, 0.2) is 67.0 Å². The van der Waals surface area contributed by atoms with Gasteiger partial charge in [0.2, 0.25) is 5.91 Å². The van der Waals surface area contributed by atoms with Crippen molar-refractivity contribution in [2.45, 2.75) is 13.0 Å². The Labute approximate surface area is 193 Å². The molecule has 0 fully saturated rings. The Balaban J connectivity index is 0.000000405. The highest BCUT2D eigenvalue weighted by molar-refractivity contribution is 5.96. The van der Waals surface area contributed by atoms with Gasteiger partial charge in [0.05, 0.1) is 7.11 Å². The van der Waals surface area contributed by atoms with Crippen molar-refractivity contribution in [1.82, 2.24) is 20.6 Å². The lowest BCUT2D eigenvalue weighted by atomic mass is 10.1. The van der Waals surface area contributed by atoms with Crippen molar-refractivity contribution in [3.8, 4) is 5.75 Å². The Morgan fingerprint density at radius 2 is 1.58 bits per heavy atom. The highest BCUT2D eigenvalue weighted by Gasteiger charge is 2.11. The Morgan fingerprint density at radius 3 is 2.18 bits per heavy atom. The summed E-state index contributed by atoms with van der Waals surface area (Å²) >= 11 is 0. The van der Waals surface area contributed by atoms with Crippen LogP contribution in [0, 0.1) is 0 Å². The number of nitrogens with one attached hydrogen (secondary N) is 2. The van der Waals surface area contributed by atoms with Gasteiger partial charge in [0, 0.05) is 32.6 Å². The summed E-state index contributed by atoms with van der Waals surface area (Å²) in [5, 5.41) is 5.52. The zero-order chi connectivity index (χ0) is 23.9. The van der Waals surface area contributed by atoms with Crippen LogP contribution in [-0.2, 0) is 22.5 Å². The number of hydrogen-bond acceptors (Lipinski definition) is 7. The van der Waals surface area contributed by atoms with E-state index in [1.807, 2.05) is 54.6 Å². The molecule has 0 aliphatic heterocycles. The molecule has 9 nitrogen and oxygen atoms in total. The molecule has 0 unspecified atom stereocenters. The molecular weight excluding hydrogens is 422 g/mol. The third-order valence-electron chi connectivity index (χ3n) is 4.41. The third kappa shape index (κ3) is 9.36. The molecule has 174 valence electrons. The smallest absolute Gasteiger partial charge is 0.273 e. The molecule has 3 aromatic rings. The number of anilines is 1. The number of aromatic nitrogens is 2. The van der Waals surface area contributed by atoms with Gasteiger partial charge in [-0.05, 0) is 29.7 Å². The van der Waals surface area contributed by atoms with Crippen LogP contribution in [0.1, 0.15) is 21.6 Å². The molecule has 9 heteroatoms. The Morgan fingerprint density at radius 1 is 0.909 bits per heavy atom. The van der Waals surface area contributed by atoms with Crippen LogP contribution < -0.4 is 21.1 Å². The molecule has 0 radical (unpaired) electrons. The number of nitrogens with two attached hydrogens (primary N) is 1. The standard InChI is InChI=1S/C17H21N5O3.C7H8O/c1-25-11-14(23)19-7-6-12-2-4-13(5-3-12)10-22-17(24)15-16(18)21-9-8-20-15;1-8-7-5-3-2-4-6-7/h2-5,8-9H,6-7,10-11H2,1H3,(H2,18,21)(H,19,23)(H,22,24);2-6H,1H3. The van der Waals surface area contributed by atoms with Gasteiger partial charge in [-0.1, -0.05) is 42.5 Å². The van der Waals surface area contributed by atoms with Gasteiger partial charge >= 0.3 is 0 Å². The molecule has 2 amide bonds. The Bertz CT molecular complexity index is 997. The second-order valence-corrected chi connectivity index (χ2v) is 6.84. The van der Waals surface area contributed by atoms with E-state index in [0.29, 0.717) is 13.1 Å². The highest BCUT2D eigenvalue weighted by atomic mass is 16.5. The maximum absolute atomic E-state index is 12.0. The summed E-state index contributed by atoms with van der Waals surface area (Å²) in [6, 6.07) is 17.4. The number of nitrogens with zero attached hydrogens (tertiary/aromatic N) is 2. The number of amides is 2. The van der Waals surface area contributed by atoms with Crippen molar-refractivity contribution < 1.29 is 19.1 Å². The van der Waals surface area contributed by atoms with E-state index in [9.17, 15) is 9.59 Å². The van der Waals surface area contributed by atoms with E-state index in [2.05, 4.69) is 20.6 Å². The normalized spacial score (nSPS) is 9.88. The number of carbonyl (C=O) groups is 2. The molecule has 33 heavy (non-hydrogen) atoms. The van der Waals surface area contributed by atoms with Crippen molar-refractivity contribution in [2.24, 2.45) is 0 Å². The molecule has 1 aromatic heterocycles. The number of methoxy groups -OCH3 is 2. The molecule has 0 saturated carbocycles. The van der Waals surface area contributed by atoms with Crippen LogP contribution in [0.5, 0.6) is 5.75 Å². The summed E-state index contributed by atoms with van der Waals surface area (Å²) in [7, 11) is 3.14. The Kier molecular flexibility index (Phi) is 10.8. The molecule has 2 aromatic carbocycles. The largest absolute Gasteiger partial charge is 0.497 e. The van der Waals surface area contributed by atoms with Crippen molar-refractivity contribution in [1.29, 1.82) is 0 Å². The van der Waals surface area contributed by atoms with Crippen LogP contribution in [0.2, 0.25) is 0 Å². The van der Waals surface area contributed by atoms with Gasteiger partial charge in [0.1, 0.15) is 12.4 Å². The monoisotopic (exact) mass is 451 g/mol. The van der Waals surface area contributed by atoms with E-state index >= 15 is 0 Å². The van der Waals surface area contributed by atoms with Crippen molar-refractivity contribution in [3.05, 3.63) is 83.8 Å². The quantitative estimate of drug-likeness (QED) is 0.454. The summed E-state index contributed by atoms with van der Waals surface area (Å²) in [6.45, 7) is 0.971. The number of para-hydroxylation sites is 1. The maximum atomic E-state index is 12.0. The van der Waals surface area contributed by atoms with Crippen LogP contribution in [0.25, 0.3) is 0 Å². The van der Waals surface area contributed by atoms with Gasteiger partial charge in [-0.2, -0.15) is 0 Å². The molecule has 3 rings (SSSR count). The predicted octanol–water partition coefficient (Wildman–Crippen LogP) is 1.99. The molecule has 1 heterocycles. The molecule has 0 atom stereocenters. The minimum absolute atomic E-state index is 0.0644. The molecule has 0 saturated heterocycles. The van der Waals surface area contributed by atoms with Gasteiger partial charge in [-0.25, -0.2) is 9.97 Å². The topological polar surface area (TPSA) is 128 Å². The van der Waals surface area contributed by atoms with Crippen molar-refractivity contribution >= 4 is 17.6 Å². The predicted molar refractivity (Wildman–Crippen MR) is 126 cm³/mol. The summed E-state index contributed by atoms with van der Waals surface area (Å²) in [5.74, 6) is 0.513. The van der Waals surface area contributed by atoms with E-state index in [4.69, 9.17) is 15.2 Å². The molecule has 0 aliphatic rings. The van der Waals surface area contributed by atoms with E-state index < -0.39 is 0 Å². The lowest BCUT2D eigenvalue weighted by Crippen LogP contribution is -2.29. The summed E-state index contributed by atoms with van der Waals surface area (Å²) in [5.41, 5.74) is 7.78. The zero-order valence-corrected chi connectivity index (χ0v) is 18.8. The number of rotatable bonds is 9. The average molecular weight is 452 g/mol. The first kappa shape index (κ1) is 25.3. The second-order valence-electron chi connectivity index (χ2n) is 6.84. The fourth-order valence-corrected chi connectivity index (χ4v) is 2.70. The van der Waals surface area contributed by atoms with Crippen LogP contribution in [-0.4, -0.2) is 49.2 Å². The van der Waals surface area contributed by atoms with Gasteiger partial charge in [-0.15, -0.1) is 0 Å². The van der Waals surface area contributed by atoms with Gasteiger partial charge in [0.15, 0.2) is 11.5 Å². The van der Waals surface area contributed by atoms with E-state index in [-0.39, 0.29) is 29.9 Å². The summed E-state index contributed by atoms with van der Waals surface area (Å²) < 4.78 is 9.66. The van der Waals surface area contributed by atoms with Gasteiger partial charge in [0.25, 0.3) is 5.91 Å². The van der Waals surface area contributed by atoms with Crippen LogP contribution in [0.3, 0.4) is 0 Å². The van der Waals surface area contributed by atoms with E-state index in [1.165, 1.54) is 19.5 Å². The molecular formula is C24H29N5O4. The number of ether oxygens (including phenoxy) is 2. The fourth-order valence-electron chi connectivity index (χ4n) is 2.70. The first-order valence-electron chi connectivity index (χ1n) is 10.3. The van der Waals surface area contributed by atoms with Crippen molar-refractivity contribution in [2.75, 3.05) is 33.1 Å². The van der Waals surface area contributed by atoms with Crippen LogP contribution >= 0.6 is 0 Å². The summed E-state index contributed by atoms with van der Waals surface area (Å²) in [4.78, 5) is 31.1. The van der Waals surface area contributed by atoms with E-state index in [1.54, 1.807) is 7.11 Å². The first-order valence-corrected chi connectivity index (χ1v) is 10.3. The van der Waals surface area contributed by atoms with Crippen molar-refractivity contribution in [3.63, 3.8) is 0 Å². The minimum Gasteiger partial charge on any atom is -0.497 e. The Hall–Kier alpha value is -3.98. The minimum atomic E-state index is -0.365. The number of hydrogen-bond donors (Lipinski definition) is 3. The number of benzene rings is 2. The lowest BCUT2D eigenvalue weighted by Gasteiger charge is -2.08. The second kappa shape index (κ2) is 14.2. The molecule has 0 bridgehead atoms. The van der Waals surface area contributed by atoms with Gasteiger partial charge in [-0.3, -0.25) is 9.59 Å². The lowest BCUT2D eigenvalue weighted by molar-refractivity contribution is -0.124. The maximum Gasteiger partial charge on any atom is 0.273 e. The SMILES string of the molecule is COCC(=O)NCCc1ccc(CNC(=O)c2nccnc2N)cc1.COc1ccccc1. The molecule has 4 N–H and O–H groups in total. The van der Waals surface area contributed by atoms with Gasteiger partial charge < -0.3 is 25.8 Å². The first-order chi connectivity index (χ1) is 16.0. The molecule has 0 spiro atoms. The van der Waals surface area contributed by atoms with Crippen LogP contribution in [0.4, 0.5) is 5.82 Å². The number of nitrogen functional groups attached to an aromatic ring is 1. The molecule has 0 aliphatic carbocycles. The summed E-state index contributed by atoms with van der Waals surface area (Å²) in [6.07, 6.45) is 3.58. The highest BCUT2D eigenvalue weighted by Crippen LogP contribution is 2.07. The average Bonchev–Trinajstić information content (AvgIpc) is 2.85. The zero-order valence-electron chi connectivity index (χ0n) is 18.8. The third-order valence-corrected chi connectivity index (χ3v) is 4.41. The fraction of sp³-hybridized carbons (Fsp3) is 0.250. The van der Waals surface area contributed by atoms with E-state index in [0.717, 1.165) is 23.3 Å². The number of carbonyl (C=O) groups excluding carboxylic acids is 2.